The molecule has 3 heterocycles. The number of allylic oxidation sites excluding steroid dienone is 10. The highest BCUT2D eigenvalue weighted by Gasteiger charge is 2.40. The molecule has 2 aliphatic carbocycles. The summed E-state index contributed by atoms with van der Waals surface area (Å²) in [6, 6.07) is 0. The summed E-state index contributed by atoms with van der Waals surface area (Å²) in [6.45, 7) is 11.3. The van der Waals surface area contributed by atoms with E-state index in [0.717, 1.165) is 12.8 Å². The van der Waals surface area contributed by atoms with E-state index in [9.17, 15) is 19.8 Å². The van der Waals surface area contributed by atoms with Crippen LogP contribution in [0.2, 0.25) is 0 Å². The van der Waals surface area contributed by atoms with E-state index in [1.54, 1.807) is 35.8 Å². The minimum absolute atomic E-state index is 0.0656. The molecule has 0 aromatic carbocycles. The van der Waals surface area contributed by atoms with Crippen molar-refractivity contribution in [3.63, 3.8) is 0 Å². The molecule has 0 spiro atoms. The van der Waals surface area contributed by atoms with E-state index in [1.807, 2.05) is 84.1 Å². The molecule has 0 saturated heterocycles. The Bertz CT molecular complexity index is 1700. The maximum atomic E-state index is 13.3. The van der Waals surface area contributed by atoms with E-state index in [-0.39, 0.29) is 17.3 Å². The van der Waals surface area contributed by atoms with Gasteiger partial charge in [0.05, 0.1) is 12.2 Å². The fourth-order valence-corrected chi connectivity index (χ4v) is 7.03. The molecular formula is C44H54N2O7S. The third-order valence-electron chi connectivity index (χ3n) is 10.6. The van der Waals surface area contributed by atoms with Crippen molar-refractivity contribution in [3.05, 3.63) is 119 Å². The molecule has 54 heavy (non-hydrogen) atoms. The van der Waals surface area contributed by atoms with Crippen LogP contribution >= 0.6 is 11.3 Å². The Morgan fingerprint density at radius 2 is 1.22 bits per heavy atom. The highest BCUT2D eigenvalue weighted by molar-refractivity contribution is 7.10. The zero-order chi connectivity index (χ0) is 38.9. The number of aliphatic hydroxyl groups is 2. The lowest BCUT2D eigenvalue weighted by atomic mass is 9.79. The van der Waals surface area contributed by atoms with Crippen LogP contribution in [0.15, 0.2) is 101 Å². The van der Waals surface area contributed by atoms with E-state index >= 15 is 0 Å². The van der Waals surface area contributed by atoms with Crippen molar-refractivity contribution in [1.29, 1.82) is 0 Å². The predicted molar refractivity (Wildman–Crippen MR) is 213 cm³/mol. The summed E-state index contributed by atoms with van der Waals surface area (Å²) in [6.07, 6.45) is 32.2. The Kier molecular flexibility index (Phi) is 13.8. The summed E-state index contributed by atoms with van der Waals surface area (Å²) in [5.74, 6) is 0.611. The number of cyclic esters (lactones) is 2. The molecule has 1 unspecified atom stereocenters. The second-order valence-corrected chi connectivity index (χ2v) is 16.3. The molecule has 288 valence electrons. The summed E-state index contributed by atoms with van der Waals surface area (Å²) in [7, 11) is 0. The maximum absolute atomic E-state index is 13.3. The molecule has 4 bridgehead atoms. The van der Waals surface area contributed by atoms with Gasteiger partial charge in [0.15, 0.2) is 11.4 Å². The van der Waals surface area contributed by atoms with Gasteiger partial charge < -0.3 is 24.1 Å². The minimum atomic E-state index is -0.824. The van der Waals surface area contributed by atoms with E-state index in [2.05, 4.69) is 34.3 Å². The first-order chi connectivity index (χ1) is 25.8. The average molecular weight is 755 g/mol. The van der Waals surface area contributed by atoms with Gasteiger partial charge in [-0.3, -0.25) is 0 Å². The van der Waals surface area contributed by atoms with Gasteiger partial charge in [-0.1, -0.05) is 113 Å². The van der Waals surface area contributed by atoms with Crippen LogP contribution < -0.4 is 0 Å². The van der Waals surface area contributed by atoms with Gasteiger partial charge in [0, 0.05) is 35.1 Å². The summed E-state index contributed by atoms with van der Waals surface area (Å²) in [5.41, 5.74) is -1.21. The zero-order valence-corrected chi connectivity index (χ0v) is 32.9. The minimum Gasteiger partial charge on any atom is -0.457 e. The highest BCUT2D eigenvalue weighted by atomic mass is 32.1. The summed E-state index contributed by atoms with van der Waals surface area (Å²) >= 11 is 1.37. The quantitative estimate of drug-likeness (QED) is 0.219. The largest absolute Gasteiger partial charge is 0.457 e. The van der Waals surface area contributed by atoms with Crippen LogP contribution in [0.5, 0.6) is 0 Å². The SMILES string of the molecule is C/C=C/[C@H](O)C(C)(C)[C@@H]1C/C=C\C2C[C@@H]2/C=C/C=C\c2nc(cs2)C(=O)O[C@H](C(C)(C)[C@@H](O)/C=C/C)C/C=C\[C@H]2C[C@H]2/C=C/C=C\c2nc(co2)C(=O)O1. The number of hydrogen-bond donors (Lipinski definition) is 2. The van der Waals surface area contributed by atoms with E-state index in [1.165, 1.54) is 17.6 Å². The fourth-order valence-electron chi connectivity index (χ4n) is 6.34. The van der Waals surface area contributed by atoms with Crippen molar-refractivity contribution < 1.29 is 33.7 Å². The molecule has 3 aliphatic rings. The molecular weight excluding hydrogens is 701 g/mol. The zero-order valence-electron chi connectivity index (χ0n) is 32.1. The molecule has 2 saturated carbocycles. The number of aliphatic hydroxyl groups excluding tert-OH is 2. The highest BCUT2D eigenvalue weighted by Crippen LogP contribution is 2.42. The van der Waals surface area contributed by atoms with Gasteiger partial charge in [0.2, 0.25) is 5.89 Å². The number of carbonyl (C=O) groups excluding carboxylic acids is 2. The summed E-state index contributed by atoms with van der Waals surface area (Å²) in [4.78, 5) is 35.4. The molecule has 2 aromatic rings. The Hall–Kier alpha value is -4.38. The lowest BCUT2D eigenvalue weighted by Gasteiger charge is -2.36. The molecule has 8 atom stereocenters. The molecule has 0 amide bonds. The molecule has 10 heteroatoms. The lowest BCUT2D eigenvalue weighted by molar-refractivity contribution is -0.0461. The number of esters is 2. The van der Waals surface area contributed by atoms with E-state index in [4.69, 9.17) is 13.9 Å². The van der Waals surface area contributed by atoms with Crippen LogP contribution in [0.4, 0.5) is 0 Å². The number of fused-ring (bicyclic) bond motifs is 6. The third-order valence-corrected chi connectivity index (χ3v) is 11.4. The van der Waals surface area contributed by atoms with Gasteiger partial charge in [0.1, 0.15) is 23.5 Å². The Morgan fingerprint density at radius 1 is 0.722 bits per heavy atom. The molecule has 2 aromatic heterocycles. The van der Waals surface area contributed by atoms with Gasteiger partial charge in [-0.05, 0) is 56.4 Å². The van der Waals surface area contributed by atoms with Crippen molar-refractivity contribution in [1.82, 2.24) is 9.97 Å². The monoisotopic (exact) mass is 754 g/mol. The molecule has 2 fully saturated rings. The molecule has 5 rings (SSSR count). The first-order valence-electron chi connectivity index (χ1n) is 18.8. The smallest absolute Gasteiger partial charge is 0.360 e. The first kappa shape index (κ1) is 40.8. The number of oxazole rings is 1. The van der Waals surface area contributed by atoms with Crippen LogP contribution in [0, 0.1) is 34.5 Å². The number of nitrogens with zero attached hydrogens (tertiary/aromatic N) is 2. The van der Waals surface area contributed by atoms with E-state index < -0.39 is 47.2 Å². The number of thiazole rings is 1. The van der Waals surface area contributed by atoms with Crippen LogP contribution in [-0.2, 0) is 9.47 Å². The van der Waals surface area contributed by atoms with Crippen LogP contribution in [-0.4, -0.2) is 56.5 Å². The number of aromatic nitrogens is 2. The Morgan fingerprint density at radius 3 is 1.76 bits per heavy atom. The predicted octanol–water partition coefficient (Wildman–Crippen LogP) is 9.13. The number of rotatable bonds is 6. The Labute approximate surface area is 323 Å². The normalized spacial score (nSPS) is 30.5. The molecule has 1 aliphatic heterocycles. The van der Waals surface area contributed by atoms with Gasteiger partial charge in [-0.2, -0.15) is 0 Å². The second-order valence-electron chi connectivity index (χ2n) is 15.5. The van der Waals surface area contributed by atoms with Crippen LogP contribution in [0.25, 0.3) is 12.2 Å². The lowest BCUT2D eigenvalue weighted by Crippen LogP contribution is -2.42. The van der Waals surface area contributed by atoms with Gasteiger partial charge in [-0.15, -0.1) is 11.3 Å². The second kappa shape index (κ2) is 18.3. The standard InChI is InChI=1S/C44H54N2O7S/c1-7-15-35(47)43(3,4)37-21-13-19-32-26-30(32)18-10-12-24-40-46-34(28-54-40)42(50)53-38(44(5,6)36(48)16-8-2)22-14-20-31-25-29(31)17-9-11-23-39-45-33(27-51-39)41(49)52-37/h7-20,23-24,27-32,35-38,47-48H,21-22,25-26H2,1-6H3/b15-7+,16-8+,17-9+,18-10+,19-13-,20-14-,23-11-,24-12-/t29-,30+,31+,32?,35+,36+,37+,38+/m1/s1. The van der Waals surface area contributed by atoms with Gasteiger partial charge >= 0.3 is 11.9 Å². The maximum Gasteiger partial charge on any atom is 0.360 e. The van der Waals surface area contributed by atoms with Crippen molar-refractivity contribution >= 4 is 35.4 Å². The topological polar surface area (TPSA) is 132 Å². The summed E-state index contributed by atoms with van der Waals surface area (Å²) < 4.78 is 17.6. The number of carbonyl (C=O) groups is 2. The van der Waals surface area contributed by atoms with Crippen LogP contribution in [0.3, 0.4) is 0 Å². The molecule has 0 radical (unpaired) electrons. The van der Waals surface area contributed by atoms with Crippen molar-refractivity contribution in [2.24, 2.45) is 34.5 Å². The summed E-state index contributed by atoms with van der Waals surface area (Å²) in [5, 5.41) is 24.3. The van der Waals surface area contributed by atoms with Crippen molar-refractivity contribution in [2.75, 3.05) is 0 Å². The van der Waals surface area contributed by atoms with E-state index in [0.29, 0.717) is 41.5 Å². The van der Waals surface area contributed by atoms with Gasteiger partial charge in [-0.25, -0.2) is 19.6 Å². The van der Waals surface area contributed by atoms with Crippen molar-refractivity contribution in [3.8, 4) is 0 Å². The molecule has 9 nitrogen and oxygen atoms in total. The average Bonchev–Trinajstić information content (AvgIpc) is 3.93. The van der Waals surface area contributed by atoms with Gasteiger partial charge in [0.25, 0.3) is 0 Å². The molecule has 2 N–H and O–H groups in total. The third kappa shape index (κ3) is 10.9. The van der Waals surface area contributed by atoms with Crippen molar-refractivity contribution in [2.45, 2.75) is 91.6 Å². The Balaban J connectivity index is 1.35. The number of ether oxygens (including phenoxy) is 2. The number of hydrogen-bond acceptors (Lipinski definition) is 10. The first-order valence-corrected chi connectivity index (χ1v) is 19.7. The van der Waals surface area contributed by atoms with Crippen LogP contribution in [0.1, 0.15) is 99.1 Å². The fraction of sp³-hybridized carbons (Fsp3) is 0.455.